The lowest BCUT2D eigenvalue weighted by Crippen LogP contribution is -2.32. The number of benzene rings is 4. The summed E-state index contributed by atoms with van der Waals surface area (Å²) < 4.78 is 4.08. The number of rotatable bonds is 9. The Kier molecular flexibility index (Phi) is 7.50. The highest BCUT2D eigenvalue weighted by atomic mass is 16.1. The number of nitrogens with one attached hydrogen (secondary N) is 2. The second kappa shape index (κ2) is 12.1. The number of amidine groups is 1. The average Bonchev–Trinajstić information content (AvgIpc) is 3.85. The number of fused-ring (bicyclic) bond motifs is 2. The smallest absolute Gasteiger partial charge is 0.248 e. The molecule has 16 heteroatoms. The largest absolute Gasteiger partial charge is 0.366 e. The Morgan fingerprint density at radius 2 is 1.29 bits per heavy atom. The van der Waals surface area contributed by atoms with E-state index < -0.39 is 11.8 Å². The lowest BCUT2D eigenvalue weighted by Gasteiger charge is -2.16. The second-order valence-electron chi connectivity index (χ2n) is 10.8. The molecular weight excluding hydrogens is 612 g/mol. The number of nitrogens with zero attached hydrogens (tertiary/aromatic N) is 8. The van der Waals surface area contributed by atoms with Crippen molar-refractivity contribution in [3.8, 4) is 34.2 Å². The third-order valence-electron chi connectivity index (χ3n) is 8.06. The normalized spacial score (nSPS) is 11.7. The molecule has 0 radical (unpaired) electrons. The molecule has 7 aromatic rings. The number of tetrazole rings is 1. The molecule has 0 saturated heterocycles. The van der Waals surface area contributed by atoms with Gasteiger partial charge in [0.25, 0.3) is 0 Å². The zero-order valence-corrected chi connectivity index (χ0v) is 25.2. The third-order valence-corrected chi connectivity index (χ3v) is 8.06. The fourth-order valence-corrected chi connectivity index (χ4v) is 5.85. The molecule has 0 aliphatic heterocycles. The van der Waals surface area contributed by atoms with Crippen molar-refractivity contribution in [1.82, 2.24) is 45.2 Å². The molecule has 238 valence electrons. The molecule has 7 rings (SSSR count). The number of primary amides is 2. The first kappa shape index (κ1) is 29.8. The van der Waals surface area contributed by atoms with Crippen molar-refractivity contribution in [1.29, 1.82) is 0 Å². The van der Waals surface area contributed by atoms with Crippen molar-refractivity contribution in [3.05, 3.63) is 102 Å². The molecule has 2 amide bonds. The van der Waals surface area contributed by atoms with E-state index in [0.717, 1.165) is 16.6 Å². The standard InChI is InChI=1S/C32H28N14O2/c33-27(47)17-9-11-25-23(15-17)37-31(21-7-3-1-5-19(21)29(39-35)40-36)45(25)13-14-46-26-12-10-18(28(34)48)16-24(26)38-32(46)22-8-4-2-6-20(22)30-41-43-44-42-30/h1-12,15-16H,13-14,35-36H2,(H2,33,47)(H2,34,48)(H,39,40)(H,41,42,43,44). The van der Waals surface area contributed by atoms with Gasteiger partial charge in [-0.15, -0.1) is 10.2 Å². The Labute approximate surface area is 271 Å². The van der Waals surface area contributed by atoms with Crippen LogP contribution in [0.1, 0.15) is 26.3 Å². The van der Waals surface area contributed by atoms with E-state index in [1.165, 1.54) is 0 Å². The van der Waals surface area contributed by atoms with Gasteiger partial charge >= 0.3 is 0 Å². The third kappa shape index (κ3) is 5.13. The minimum atomic E-state index is -0.566. The van der Waals surface area contributed by atoms with Gasteiger partial charge in [-0.05, 0) is 41.6 Å². The number of imidazole rings is 2. The van der Waals surface area contributed by atoms with Crippen molar-refractivity contribution >= 4 is 39.7 Å². The molecule has 3 heterocycles. The molecule has 16 nitrogen and oxygen atoms in total. The van der Waals surface area contributed by atoms with Crippen LogP contribution < -0.4 is 28.6 Å². The molecule has 0 spiro atoms. The van der Waals surface area contributed by atoms with Crippen LogP contribution in [-0.4, -0.2) is 57.4 Å². The Hall–Kier alpha value is -6.94. The van der Waals surface area contributed by atoms with E-state index in [0.29, 0.717) is 69.4 Å². The van der Waals surface area contributed by atoms with E-state index in [-0.39, 0.29) is 5.84 Å². The Morgan fingerprint density at radius 1 is 0.750 bits per heavy atom. The van der Waals surface area contributed by atoms with Gasteiger partial charge in [0, 0.05) is 46.5 Å². The zero-order valence-electron chi connectivity index (χ0n) is 25.2. The number of hydrazone groups is 1. The first-order chi connectivity index (χ1) is 23.4. The quantitative estimate of drug-likeness (QED) is 0.0578. The van der Waals surface area contributed by atoms with Crippen molar-refractivity contribution in [2.45, 2.75) is 13.1 Å². The van der Waals surface area contributed by atoms with E-state index in [4.69, 9.17) is 33.1 Å². The number of carbonyl (C=O) groups is 2. The minimum absolute atomic E-state index is 0.258. The maximum atomic E-state index is 12.1. The van der Waals surface area contributed by atoms with E-state index >= 15 is 0 Å². The Balaban J connectivity index is 1.42. The molecule has 10 N–H and O–H groups in total. The second-order valence-corrected chi connectivity index (χ2v) is 10.8. The highest BCUT2D eigenvalue weighted by molar-refractivity contribution is 6.04. The number of carbonyl (C=O) groups excluding carboxylic acids is 2. The topological polar surface area (TPSA) is 253 Å². The summed E-state index contributed by atoms with van der Waals surface area (Å²) in [6, 6.07) is 25.3. The van der Waals surface area contributed by atoms with E-state index in [1.807, 2.05) is 69.8 Å². The summed E-state index contributed by atoms with van der Waals surface area (Å²) in [5.74, 6) is 12.1. The summed E-state index contributed by atoms with van der Waals surface area (Å²) >= 11 is 0. The SMILES string of the molecule is N/N=C(\NN)c1ccccc1-c1nc2cc(C(N)=O)ccc2n1CCn1c(-c2ccccc2-c2nn[nH]n2)nc2cc(C(N)=O)ccc21. The highest BCUT2D eigenvalue weighted by Crippen LogP contribution is 2.33. The Bertz CT molecular complexity index is 2370. The van der Waals surface area contributed by atoms with E-state index in [2.05, 4.69) is 31.2 Å². The summed E-state index contributed by atoms with van der Waals surface area (Å²) in [6.45, 7) is 0.787. The number of aryl methyl sites for hydroxylation is 2. The average molecular weight is 641 g/mol. The lowest BCUT2D eigenvalue weighted by molar-refractivity contribution is 0.0992. The maximum absolute atomic E-state index is 12.1. The molecule has 0 aliphatic rings. The number of aromatic amines is 1. The number of hydrazine groups is 1. The van der Waals surface area contributed by atoms with Gasteiger partial charge in [-0.2, -0.15) is 10.3 Å². The molecule has 0 aliphatic carbocycles. The van der Waals surface area contributed by atoms with Crippen LogP contribution in [0.15, 0.2) is 90.0 Å². The van der Waals surface area contributed by atoms with Gasteiger partial charge in [-0.3, -0.25) is 9.59 Å². The predicted molar refractivity (Wildman–Crippen MR) is 179 cm³/mol. The van der Waals surface area contributed by atoms with Crippen molar-refractivity contribution < 1.29 is 9.59 Å². The molecule has 4 aromatic carbocycles. The molecule has 0 bridgehead atoms. The fraction of sp³-hybridized carbons (Fsp3) is 0.0625. The monoisotopic (exact) mass is 640 g/mol. The van der Waals surface area contributed by atoms with Crippen molar-refractivity contribution in [3.63, 3.8) is 0 Å². The molecule has 0 fully saturated rings. The number of nitrogens with two attached hydrogens (primary N) is 4. The molecule has 0 unspecified atom stereocenters. The molecule has 48 heavy (non-hydrogen) atoms. The molecule has 0 atom stereocenters. The van der Waals surface area contributed by atoms with Gasteiger partial charge in [0.05, 0.1) is 22.1 Å². The highest BCUT2D eigenvalue weighted by Gasteiger charge is 2.22. The summed E-state index contributed by atoms with van der Waals surface area (Å²) in [6.07, 6.45) is 0. The van der Waals surface area contributed by atoms with Crippen LogP contribution in [0.3, 0.4) is 0 Å². The fourth-order valence-electron chi connectivity index (χ4n) is 5.85. The maximum Gasteiger partial charge on any atom is 0.248 e. The van der Waals surface area contributed by atoms with Crippen molar-refractivity contribution in [2.24, 2.45) is 28.3 Å². The first-order valence-electron chi connectivity index (χ1n) is 14.7. The predicted octanol–water partition coefficient (Wildman–Crippen LogP) is 1.88. The summed E-state index contributed by atoms with van der Waals surface area (Å²) in [5.41, 5.74) is 19.9. The van der Waals surface area contributed by atoms with Crippen molar-refractivity contribution in [2.75, 3.05) is 0 Å². The van der Waals surface area contributed by atoms with Crippen LogP contribution in [0.5, 0.6) is 0 Å². The summed E-state index contributed by atoms with van der Waals surface area (Å²) in [5, 5.41) is 18.4. The number of hydrogen-bond donors (Lipinski definition) is 6. The van der Waals surface area contributed by atoms with Gasteiger partial charge < -0.3 is 31.9 Å². The van der Waals surface area contributed by atoms with Gasteiger partial charge in [0.15, 0.2) is 5.84 Å². The summed E-state index contributed by atoms with van der Waals surface area (Å²) in [4.78, 5) is 34.1. The van der Waals surface area contributed by atoms with Crippen LogP contribution in [0.2, 0.25) is 0 Å². The van der Waals surface area contributed by atoms with Gasteiger partial charge in [0.1, 0.15) is 11.6 Å². The van der Waals surface area contributed by atoms with Crippen LogP contribution in [0, 0.1) is 0 Å². The first-order valence-corrected chi connectivity index (χ1v) is 14.7. The number of aromatic nitrogens is 8. The zero-order chi connectivity index (χ0) is 33.4. The van der Waals surface area contributed by atoms with Gasteiger partial charge in [-0.1, -0.05) is 48.5 Å². The number of H-pyrrole nitrogens is 1. The van der Waals surface area contributed by atoms with Crippen LogP contribution in [0.25, 0.3) is 56.2 Å². The molecule has 0 saturated carbocycles. The minimum Gasteiger partial charge on any atom is -0.366 e. The van der Waals surface area contributed by atoms with Gasteiger partial charge in [-0.25, -0.2) is 15.8 Å². The molecule has 3 aromatic heterocycles. The number of amides is 2. The Morgan fingerprint density at radius 3 is 1.81 bits per heavy atom. The molecular formula is C32H28N14O2. The van der Waals surface area contributed by atoms with Crippen LogP contribution in [-0.2, 0) is 13.1 Å². The summed E-state index contributed by atoms with van der Waals surface area (Å²) in [7, 11) is 0. The van der Waals surface area contributed by atoms with E-state index in [9.17, 15) is 9.59 Å². The lowest BCUT2D eigenvalue weighted by atomic mass is 10.1. The van der Waals surface area contributed by atoms with Gasteiger partial charge in [0.2, 0.25) is 17.6 Å². The van der Waals surface area contributed by atoms with E-state index in [1.54, 1.807) is 24.3 Å². The van der Waals surface area contributed by atoms with Crippen LogP contribution >= 0.6 is 0 Å². The number of hydrogen-bond acceptors (Lipinski definition) is 10. The van der Waals surface area contributed by atoms with Crippen LogP contribution in [0.4, 0.5) is 0 Å².